The number of hydrogen-bond acceptors (Lipinski definition) is 4. The van der Waals surface area contributed by atoms with Crippen LogP contribution in [0.25, 0.3) is 0 Å². The zero-order chi connectivity index (χ0) is 16.8. The maximum Gasteiger partial charge on any atom is 0.327 e. The highest BCUT2D eigenvalue weighted by Crippen LogP contribution is 2.28. The highest BCUT2D eigenvalue weighted by Gasteiger charge is 2.31. The first kappa shape index (κ1) is 17.4. The van der Waals surface area contributed by atoms with Gasteiger partial charge in [-0.15, -0.1) is 0 Å². The van der Waals surface area contributed by atoms with Crippen molar-refractivity contribution in [2.24, 2.45) is 5.92 Å². The standard InChI is InChI=1S/C17H23FN2O3/c1-12(21)19-11-13-7-9-20(10-8-13)16(17(22)23-2)14-3-5-15(18)6-4-14/h3-6,13,16H,7-11H2,1-2H3,(H,19,21). The molecule has 0 aliphatic carbocycles. The SMILES string of the molecule is COC(=O)C(c1ccc(F)cc1)N1CCC(CNC(C)=O)CC1. The van der Waals surface area contributed by atoms with E-state index in [1.807, 2.05) is 0 Å². The number of halogens is 1. The van der Waals surface area contributed by atoms with Crippen molar-refractivity contribution in [2.75, 3.05) is 26.7 Å². The van der Waals surface area contributed by atoms with Crippen molar-refractivity contribution in [1.82, 2.24) is 10.2 Å². The summed E-state index contributed by atoms with van der Waals surface area (Å²) in [5.74, 6) is -0.267. The van der Waals surface area contributed by atoms with Crippen LogP contribution < -0.4 is 5.32 Å². The lowest BCUT2D eigenvalue weighted by molar-refractivity contribution is -0.148. The third kappa shape index (κ3) is 4.76. The number of esters is 1. The molecule has 1 aromatic rings. The molecule has 1 heterocycles. The quantitative estimate of drug-likeness (QED) is 0.841. The molecule has 1 amide bonds. The van der Waals surface area contributed by atoms with E-state index >= 15 is 0 Å². The summed E-state index contributed by atoms with van der Waals surface area (Å²) in [5, 5.41) is 2.84. The van der Waals surface area contributed by atoms with Crippen molar-refractivity contribution >= 4 is 11.9 Å². The van der Waals surface area contributed by atoms with Gasteiger partial charge in [-0.3, -0.25) is 9.69 Å². The molecular weight excluding hydrogens is 299 g/mol. The molecule has 0 radical (unpaired) electrons. The molecule has 1 aliphatic rings. The minimum absolute atomic E-state index is 0.0221. The van der Waals surface area contributed by atoms with Crippen LogP contribution in [0.3, 0.4) is 0 Å². The lowest BCUT2D eigenvalue weighted by Gasteiger charge is -2.36. The first-order valence-corrected chi connectivity index (χ1v) is 7.83. The summed E-state index contributed by atoms with van der Waals surface area (Å²) in [5.41, 5.74) is 0.735. The zero-order valence-electron chi connectivity index (χ0n) is 13.5. The number of hydrogen-bond donors (Lipinski definition) is 1. The van der Waals surface area contributed by atoms with Crippen LogP contribution in [0.4, 0.5) is 4.39 Å². The molecule has 0 aromatic heterocycles. The normalized spacial score (nSPS) is 17.5. The fourth-order valence-electron chi connectivity index (χ4n) is 2.96. The second-order valence-electron chi connectivity index (χ2n) is 5.89. The fraction of sp³-hybridized carbons (Fsp3) is 0.529. The van der Waals surface area contributed by atoms with Gasteiger partial charge in [0.2, 0.25) is 5.91 Å². The van der Waals surface area contributed by atoms with E-state index in [4.69, 9.17) is 4.74 Å². The number of piperidine rings is 1. The summed E-state index contributed by atoms with van der Waals surface area (Å²) in [6.07, 6.45) is 1.80. The Bertz CT molecular complexity index is 539. The number of benzene rings is 1. The van der Waals surface area contributed by atoms with Crippen molar-refractivity contribution in [3.8, 4) is 0 Å². The third-order valence-electron chi connectivity index (χ3n) is 4.26. The Hall–Kier alpha value is -1.95. The molecule has 5 nitrogen and oxygen atoms in total. The Morgan fingerprint density at radius 2 is 1.91 bits per heavy atom. The van der Waals surface area contributed by atoms with Gasteiger partial charge >= 0.3 is 5.97 Å². The highest BCUT2D eigenvalue weighted by atomic mass is 19.1. The smallest absolute Gasteiger partial charge is 0.327 e. The zero-order valence-corrected chi connectivity index (χ0v) is 13.5. The van der Waals surface area contributed by atoms with Gasteiger partial charge in [-0.25, -0.2) is 9.18 Å². The highest BCUT2D eigenvalue weighted by molar-refractivity contribution is 5.77. The van der Waals surface area contributed by atoms with Crippen molar-refractivity contribution in [1.29, 1.82) is 0 Å². The van der Waals surface area contributed by atoms with Crippen molar-refractivity contribution < 1.29 is 18.7 Å². The number of rotatable bonds is 5. The number of methoxy groups -OCH3 is 1. The van der Waals surface area contributed by atoms with Crippen LogP contribution in [0, 0.1) is 11.7 Å². The Kier molecular flexibility index (Phi) is 6.10. The lowest BCUT2D eigenvalue weighted by Crippen LogP contribution is -2.42. The Morgan fingerprint density at radius 3 is 2.43 bits per heavy atom. The Labute approximate surface area is 135 Å². The lowest BCUT2D eigenvalue weighted by atomic mass is 9.94. The molecule has 6 heteroatoms. The van der Waals surface area contributed by atoms with E-state index in [1.165, 1.54) is 26.2 Å². The van der Waals surface area contributed by atoms with Crippen LogP contribution in [-0.2, 0) is 14.3 Å². The summed E-state index contributed by atoms with van der Waals surface area (Å²) in [6.45, 7) is 3.66. The first-order valence-electron chi connectivity index (χ1n) is 7.83. The van der Waals surface area contributed by atoms with E-state index in [-0.39, 0.29) is 17.7 Å². The predicted molar refractivity (Wildman–Crippen MR) is 84.1 cm³/mol. The molecule has 0 bridgehead atoms. The largest absolute Gasteiger partial charge is 0.468 e. The number of carbonyl (C=O) groups excluding carboxylic acids is 2. The summed E-state index contributed by atoms with van der Waals surface area (Å²) in [4.78, 5) is 25.2. The molecule has 1 fully saturated rings. The number of amides is 1. The number of carbonyl (C=O) groups is 2. The van der Waals surface area contributed by atoms with Gasteiger partial charge in [-0.1, -0.05) is 12.1 Å². The van der Waals surface area contributed by atoms with Crippen LogP contribution >= 0.6 is 0 Å². The van der Waals surface area contributed by atoms with Gasteiger partial charge in [-0.2, -0.15) is 0 Å². The minimum Gasteiger partial charge on any atom is -0.468 e. The third-order valence-corrected chi connectivity index (χ3v) is 4.26. The van der Waals surface area contributed by atoms with Crippen molar-refractivity contribution in [3.05, 3.63) is 35.6 Å². The van der Waals surface area contributed by atoms with E-state index in [2.05, 4.69) is 10.2 Å². The van der Waals surface area contributed by atoms with E-state index in [1.54, 1.807) is 12.1 Å². The van der Waals surface area contributed by atoms with Crippen LogP contribution in [0.2, 0.25) is 0 Å². The number of nitrogens with zero attached hydrogens (tertiary/aromatic N) is 1. The van der Waals surface area contributed by atoms with Gasteiger partial charge in [0.25, 0.3) is 0 Å². The molecule has 23 heavy (non-hydrogen) atoms. The molecular formula is C17H23FN2O3. The minimum atomic E-state index is -0.512. The van der Waals surface area contributed by atoms with Gasteiger partial charge in [0.05, 0.1) is 7.11 Å². The Morgan fingerprint density at radius 1 is 1.30 bits per heavy atom. The van der Waals surface area contributed by atoms with Crippen LogP contribution in [0.5, 0.6) is 0 Å². The van der Waals surface area contributed by atoms with E-state index in [9.17, 15) is 14.0 Å². The van der Waals surface area contributed by atoms with Gasteiger partial charge in [0.1, 0.15) is 11.9 Å². The second-order valence-corrected chi connectivity index (χ2v) is 5.89. The first-order chi connectivity index (χ1) is 11.0. The van der Waals surface area contributed by atoms with Crippen LogP contribution in [0.15, 0.2) is 24.3 Å². The average Bonchev–Trinajstić information content (AvgIpc) is 2.55. The molecule has 1 saturated heterocycles. The monoisotopic (exact) mass is 322 g/mol. The average molecular weight is 322 g/mol. The van der Waals surface area contributed by atoms with Crippen LogP contribution in [0.1, 0.15) is 31.4 Å². The van der Waals surface area contributed by atoms with Gasteiger partial charge < -0.3 is 10.1 Å². The van der Waals surface area contributed by atoms with Gasteiger partial charge in [-0.05, 0) is 49.5 Å². The molecule has 0 saturated carbocycles. The molecule has 2 rings (SSSR count). The second kappa shape index (κ2) is 8.06. The van der Waals surface area contributed by atoms with E-state index in [0.29, 0.717) is 12.5 Å². The number of likely N-dealkylation sites (tertiary alicyclic amines) is 1. The molecule has 0 spiro atoms. The van der Waals surface area contributed by atoms with Gasteiger partial charge in [0, 0.05) is 13.5 Å². The summed E-state index contributed by atoms with van der Waals surface area (Å²) < 4.78 is 18.0. The molecule has 126 valence electrons. The summed E-state index contributed by atoms with van der Waals surface area (Å²) >= 11 is 0. The summed E-state index contributed by atoms with van der Waals surface area (Å²) in [7, 11) is 1.36. The van der Waals surface area contributed by atoms with Crippen LogP contribution in [-0.4, -0.2) is 43.5 Å². The molecule has 1 N–H and O–H groups in total. The fourth-order valence-corrected chi connectivity index (χ4v) is 2.96. The molecule has 1 aromatic carbocycles. The molecule has 1 unspecified atom stereocenters. The summed E-state index contributed by atoms with van der Waals surface area (Å²) in [6, 6.07) is 5.45. The van der Waals surface area contributed by atoms with Gasteiger partial charge in [0.15, 0.2) is 0 Å². The maximum absolute atomic E-state index is 13.1. The number of nitrogens with one attached hydrogen (secondary N) is 1. The van der Waals surface area contributed by atoms with E-state index < -0.39 is 6.04 Å². The topological polar surface area (TPSA) is 58.6 Å². The molecule has 1 aliphatic heterocycles. The number of ether oxygens (including phenoxy) is 1. The maximum atomic E-state index is 13.1. The molecule has 1 atom stereocenters. The predicted octanol–water partition coefficient (Wildman–Crippen LogP) is 1.89. The van der Waals surface area contributed by atoms with Crippen molar-refractivity contribution in [2.45, 2.75) is 25.8 Å². The Balaban J connectivity index is 2.02. The van der Waals surface area contributed by atoms with E-state index in [0.717, 1.165) is 31.5 Å². The van der Waals surface area contributed by atoms with Crippen molar-refractivity contribution in [3.63, 3.8) is 0 Å².